The molecule has 0 bridgehead atoms. The summed E-state index contributed by atoms with van der Waals surface area (Å²) in [5.41, 5.74) is 3.51. The van der Waals surface area contributed by atoms with Crippen molar-refractivity contribution in [1.29, 1.82) is 0 Å². The number of thioether (sulfide) groups is 1. The molecule has 0 aliphatic rings. The number of thiophene rings is 1. The van der Waals surface area contributed by atoms with E-state index in [4.69, 9.17) is 16.3 Å². The first-order valence-electron chi connectivity index (χ1n) is 7.98. The molecular weight excluding hydrogens is 384 g/mol. The molecule has 26 heavy (non-hydrogen) atoms. The van der Waals surface area contributed by atoms with Crippen molar-refractivity contribution in [2.24, 2.45) is 0 Å². The van der Waals surface area contributed by atoms with E-state index in [1.165, 1.54) is 5.56 Å². The highest BCUT2D eigenvalue weighted by Gasteiger charge is 2.13. The molecule has 0 saturated carbocycles. The summed E-state index contributed by atoms with van der Waals surface area (Å²) in [6, 6.07) is 16.0. The summed E-state index contributed by atoms with van der Waals surface area (Å²) in [6.45, 7) is 0. The Hall–Kier alpha value is -2.08. The zero-order chi connectivity index (χ0) is 17.9. The van der Waals surface area contributed by atoms with E-state index in [1.807, 2.05) is 36.4 Å². The average Bonchev–Trinajstić information content (AvgIpc) is 3.12. The minimum atomic E-state index is 0.753. The van der Waals surface area contributed by atoms with Crippen molar-refractivity contribution in [1.82, 2.24) is 9.97 Å². The third-order valence-electron chi connectivity index (χ3n) is 4.03. The van der Waals surface area contributed by atoms with Crippen molar-refractivity contribution in [2.75, 3.05) is 7.11 Å². The summed E-state index contributed by atoms with van der Waals surface area (Å²) in [6.07, 6.45) is 1.64. The fraction of sp³-hybridized carbons (Fsp3) is 0.100. The fourth-order valence-electron chi connectivity index (χ4n) is 2.67. The predicted molar refractivity (Wildman–Crippen MR) is 110 cm³/mol. The van der Waals surface area contributed by atoms with Gasteiger partial charge < -0.3 is 4.74 Å². The van der Waals surface area contributed by atoms with Crippen molar-refractivity contribution in [3.63, 3.8) is 0 Å². The number of ether oxygens (including phenoxy) is 1. The molecule has 4 rings (SSSR count). The maximum Gasteiger partial charge on any atom is 0.128 e. The summed E-state index contributed by atoms with van der Waals surface area (Å²) in [5.74, 6) is 1.68. The number of fused-ring (bicyclic) bond motifs is 1. The zero-order valence-electron chi connectivity index (χ0n) is 14.0. The van der Waals surface area contributed by atoms with E-state index in [2.05, 4.69) is 27.5 Å². The fourth-order valence-corrected chi connectivity index (χ4v) is 4.75. The van der Waals surface area contributed by atoms with Crippen LogP contribution >= 0.6 is 34.7 Å². The van der Waals surface area contributed by atoms with Crippen LogP contribution in [-0.4, -0.2) is 17.1 Å². The second-order valence-corrected chi connectivity index (χ2v) is 7.91. The molecule has 0 saturated heterocycles. The third kappa shape index (κ3) is 3.56. The van der Waals surface area contributed by atoms with Crippen molar-refractivity contribution in [3.8, 4) is 16.9 Å². The van der Waals surface area contributed by atoms with E-state index in [0.29, 0.717) is 0 Å². The van der Waals surface area contributed by atoms with Crippen LogP contribution in [0.3, 0.4) is 0 Å². The Kier molecular flexibility index (Phi) is 5.11. The monoisotopic (exact) mass is 398 g/mol. The highest BCUT2D eigenvalue weighted by molar-refractivity contribution is 7.98. The lowest BCUT2D eigenvalue weighted by Gasteiger charge is -2.06. The van der Waals surface area contributed by atoms with Gasteiger partial charge in [-0.3, -0.25) is 0 Å². The summed E-state index contributed by atoms with van der Waals surface area (Å²) in [5, 5.41) is 5.01. The van der Waals surface area contributed by atoms with Crippen molar-refractivity contribution in [2.45, 2.75) is 10.8 Å². The van der Waals surface area contributed by atoms with Gasteiger partial charge >= 0.3 is 0 Å². The normalized spacial score (nSPS) is 11.0. The largest absolute Gasteiger partial charge is 0.497 e. The van der Waals surface area contributed by atoms with Crippen LogP contribution in [0.2, 0.25) is 5.02 Å². The molecule has 0 N–H and O–H groups in total. The smallest absolute Gasteiger partial charge is 0.128 e. The zero-order valence-corrected chi connectivity index (χ0v) is 16.4. The Balaban J connectivity index is 1.68. The number of methoxy groups -OCH3 is 1. The molecule has 0 fully saturated rings. The molecule has 6 heteroatoms. The Bertz CT molecular complexity index is 1030. The first-order chi connectivity index (χ1) is 12.7. The Morgan fingerprint density at radius 1 is 1.04 bits per heavy atom. The molecule has 130 valence electrons. The molecule has 0 spiro atoms. The van der Waals surface area contributed by atoms with Gasteiger partial charge in [-0.2, -0.15) is 0 Å². The Labute approximate surface area is 165 Å². The lowest BCUT2D eigenvalue weighted by atomic mass is 10.1. The number of rotatable bonds is 5. The molecule has 2 aromatic heterocycles. The van der Waals surface area contributed by atoms with Gasteiger partial charge in [-0.15, -0.1) is 23.1 Å². The first-order valence-corrected chi connectivity index (χ1v) is 10.2. The first kappa shape index (κ1) is 17.3. The molecule has 0 amide bonds. The SMILES string of the molecule is COc1ccc(-c2csc3ncnc(SCc4ccc(Cl)cc4)c23)cc1. The van der Waals surface area contributed by atoms with Crippen LogP contribution in [0.5, 0.6) is 5.75 Å². The molecule has 2 aromatic carbocycles. The lowest BCUT2D eigenvalue weighted by Crippen LogP contribution is -1.88. The van der Waals surface area contributed by atoms with Crippen molar-refractivity contribution in [3.05, 3.63) is 70.8 Å². The molecule has 0 aliphatic carbocycles. The Morgan fingerprint density at radius 2 is 1.81 bits per heavy atom. The van der Waals surface area contributed by atoms with Crippen LogP contribution < -0.4 is 4.74 Å². The molecule has 0 unspecified atom stereocenters. The minimum Gasteiger partial charge on any atom is -0.497 e. The second-order valence-electron chi connectivity index (χ2n) is 5.65. The minimum absolute atomic E-state index is 0.753. The van der Waals surface area contributed by atoms with E-state index in [0.717, 1.165) is 42.9 Å². The van der Waals surface area contributed by atoms with Gasteiger partial charge in [0, 0.05) is 21.7 Å². The van der Waals surface area contributed by atoms with E-state index >= 15 is 0 Å². The predicted octanol–water partition coefficient (Wildman–Crippen LogP) is 6.31. The second kappa shape index (κ2) is 7.66. The van der Waals surface area contributed by atoms with Gasteiger partial charge in [-0.05, 0) is 35.4 Å². The number of aromatic nitrogens is 2. The van der Waals surface area contributed by atoms with Gasteiger partial charge in [0.05, 0.1) is 12.5 Å². The molecule has 0 radical (unpaired) electrons. The van der Waals surface area contributed by atoms with Gasteiger partial charge in [0.1, 0.15) is 21.9 Å². The molecule has 4 aromatic rings. The maximum absolute atomic E-state index is 5.97. The summed E-state index contributed by atoms with van der Waals surface area (Å²) in [7, 11) is 1.67. The standard InChI is InChI=1S/C20H15ClN2OS2/c1-24-16-8-4-14(5-9-16)17-11-26-20-18(17)19(22-12-23-20)25-10-13-2-6-15(21)7-3-13/h2-9,11-12H,10H2,1H3. The van der Waals surface area contributed by atoms with Gasteiger partial charge in [-0.25, -0.2) is 9.97 Å². The topological polar surface area (TPSA) is 35.0 Å². The summed E-state index contributed by atoms with van der Waals surface area (Å²) < 4.78 is 5.26. The number of hydrogen-bond donors (Lipinski definition) is 0. The van der Waals surface area contributed by atoms with E-state index in [9.17, 15) is 0 Å². The van der Waals surface area contributed by atoms with Crippen LogP contribution in [-0.2, 0) is 5.75 Å². The quantitative estimate of drug-likeness (QED) is 0.291. The highest BCUT2D eigenvalue weighted by Crippen LogP contribution is 2.39. The third-order valence-corrected chi connectivity index (χ3v) is 6.22. The van der Waals surface area contributed by atoms with Crippen LogP contribution in [0.25, 0.3) is 21.3 Å². The van der Waals surface area contributed by atoms with Gasteiger partial charge in [0.15, 0.2) is 0 Å². The Morgan fingerprint density at radius 3 is 2.54 bits per heavy atom. The summed E-state index contributed by atoms with van der Waals surface area (Å²) >= 11 is 9.33. The maximum atomic E-state index is 5.97. The highest BCUT2D eigenvalue weighted by atomic mass is 35.5. The van der Waals surface area contributed by atoms with Crippen LogP contribution in [0.1, 0.15) is 5.56 Å². The number of benzene rings is 2. The molecule has 0 aliphatic heterocycles. The van der Waals surface area contributed by atoms with Crippen LogP contribution in [0.15, 0.2) is 65.3 Å². The number of halogens is 1. The molecule has 0 atom stereocenters. The molecular formula is C20H15ClN2OS2. The van der Waals surface area contributed by atoms with E-state index in [-0.39, 0.29) is 0 Å². The van der Waals surface area contributed by atoms with Crippen LogP contribution in [0, 0.1) is 0 Å². The van der Waals surface area contributed by atoms with Gasteiger partial charge in [0.25, 0.3) is 0 Å². The molecule has 3 nitrogen and oxygen atoms in total. The van der Waals surface area contributed by atoms with Gasteiger partial charge in [0.2, 0.25) is 0 Å². The number of nitrogens with zero attached hydrogens (tertiary/aromatic N) is 2. The van der Waals surface area contributed by atoms with Gasteiger partial charge in [-0.1, -0.05) is 35.9 Å². The summed E-state index contributed by atoms with van der Waals surface area (Å²) in [4.78, 5) is 9.98. The molecule has 2 heterocycles. The lowest BCUT2D eigenvalue weighted by molar-refractivity contribution is 0.415. The van der Waals surface area contributed by atoms with E-state index in [1.54, 1.807) is 36.5 Å². The number of hydrogen-bond acceptors (Lipinski definition) is 5. The average molecular weight is 399 g/mol. The van der Waals surface area contributed by atoms with Crippen LogP contribution in [0.4, 0.5) is 0 Å². The van der Waals surface area contributed by atoms with E-state index < -0.39 is 0 Å². The van der Waals surface area contributed by atoms with Crippen molar-refractivity contribution >= 4 is 44.9 Å². The van der Waals surface area contributed by atoms with Crippen molar-refractivity contribution < 1.29 is 4.74 Å².